The zero-order valence-electron chi connectivity index (χ0n) is 17.3. The van der Waals surface area contributed by atoms with E-state index in [2.05, 4.69) is 10.6 Å². The summed E-state index contributed by atoms with van der Waals surface area (Å²) in [5.41, 5.74) is 0.176. The van der Waals surface area contributed by atoms with Crippen molar-refractivity contribution in [1.29, 1.82) is 0 Å². The number of hydrogen-bond acceptors (Lipinski definition) is 4. The third-order valence-electron chi connectivity index (χ3n) is 7.02. The van der Waals surface area contributed by atoms with Gasteiger partial charge in [-0.15, -0.1) is 0 Å². The highest BCUT2D eigenvalue weighted by molar-refractivity contribution is 5.98. The molecule has 1 aliphatic heterocycles. The van der Waals surface area contributed by atoms with Crippen LogP contribution in [0.3, 0.4) is 0 Å². The van der Waals surface area contributed by atoms with Crippen molar-refractivity contribution in [2.45, 2.75) is 38.0 Å². The van der Waals surface area contributed by atoms with Crippen LogP contribution < -0.4 is 20.1 Å². The molecule has 3 fully saturated rings. The molecule has 2 amide bonds. The minimum absolute atomic E-state index is 0.0324. The molecule has 4 atom stereocenters. The lowest BCUT2D eigenvalue weighted by Gasteiger charge is -2.55. The fraction of sp³-hybridized carbons (Fsp3) is 0.417. The van der Waals surface area contributed by atoms with E-state index in [4.69, 9.17) is 9.47 Å². The molecule has 0 unspecified atom stereocenters. The van der Waals surface area contributed by atoms with Crippen molar-refractivity contribution in [2.75, 3.05) is 7.11 Å². The van der Waals surface area contributed by atoms with Crippen molar-refractivity contribution in [3.8, 4) is 11.5 Å². The molecule has 1 spiro atoms. The average Bonchev–Trinajstić information content (AvgIpc) is 2.78. The van der Waals surface area contributed by atoms with Gasteiger partial charge in [0.15, 0.2) is 5.72 Å². The molecule has 2 N–H and O–H groups in total. The lowest BCUT2D eigenvalue weighted by molar-refractivity contribution is -0.146. The highest BCUT2D eigenvalue weighted by Gasteiger charge is 2.57. The van der Waals surface area contributed by atoms with Gasteiger partial charge in [0.25, 0.3) is 5.91 Å². The predicted octanol–water partition coefficient (Wildman–Crippen LogP) is 3.41. The van der Waals surface area contributed by atoms with Crippen LogP contribution in [-0.2, 0) is 11.3 Å². The summed E-state index contributed by atoms with van der Waals surface area (Å²) < 4.78 is 25.5. The van der Waals surface area contributed by atoms with E-state index in [0.29, 0.717) is 35.5 Å². The summed E-state index contributed by atoms with van der Waals surface area (Å²) in [4.78, 5) is 25.7. The van der Waals surface area contributed by atoms with Crippen LogP contribution in [0.2, 0.25) is 0 Å². The number of carbonyl (C=O) groups excluding carboxylic acids is 2. The van der Waals surface area contributed by atoms with E-state index in [9.17, 15) is 14.0 Å². The van der Waals surface area contributed by atoms with Gasteiger partial charge in [0, 0.05) is 36.4 Å². The maximum atomic E-state index is 13.9. The maximum absolute atomic E-state index is 13.9. The van der Waals surface area contributed by atoms with Gasteiger partial charge in [0.05, 0.1) is 12.7 Å². The number of methoxy groups -OCH3 is 1. The molecule has 31 heavy (non-hydrogen) atoms. The third-order valence-corrected chi connectivity index (χ3v) is 7.02. The van der Waals surface area contributed by atoms with Crippen molar-refractivity contribution >= 4 is 11.8 Å². The van der Waals surface area contributed by atoms with Crippen LogP contribution in [0.1, 0.15) is 41.6 Å². The molecule has 0 aromatic heterocycles. The molecule has 0 radical (unpaired) electrons. The van der Waals surface area contributed by atoms with Crippen LogP contribution in [0.25, 0.3) is 0 Å². The molecule has 6 rings (SSSR count). The van der Waals surface area contributed by atoms with Gasteiger partial charge in [-0.25, -0.2) is 4.39 Å². The summed E-state index contributed by atoms with van der Waals surface area (Å²) in [5.74, 6) is 0.589. The zero-order chi connectivity index (χ0) is 21.6. The molecule has 3 aliphatic carbocycles. The first-order valence-electron chi connectivity index (χ1n) is 10.7. The number of benzene rings is 2. The average molecular weight is 424 g/mol. The molecule has 1 heterocycles. The number of halogens is 1. The largest absolute Gasteiger partial charge is 0.497 e. The van der Waals surface area contributed by atoms with Crippen LogP contribution in [0.15, 0.2) is 42.5 Å². The second-order valence-electron chi connectivity index (χ2n) is 8.70. The Kier molecular flexibility index (Phi) is 4.84. The number of rotatable bonds is 4. The summed E-state index contributed by atoms with van der Waals surface area (Å²) in [7, 11) is 1.58. The minimum atomic E-state index is -0.790. The Labute approximate surface area is 180 Å². The van der Waals surface area contributed by atoms with Gasteiger partial charge in [-0.2, -0.15) is 0 Å². The monoisotopic (exact) mass is 424 g/mol. The topological polar surface area (TPSA) is 76.7 Å². The van der Waals surface area contributed by atoms with Gasteiger partial charge in [0.2, 0.25) is 5.91 Å². The minimum Gasteiger partial charge on any atom is -0.497 e. The lowest BCUT2D eigenvalue weighted by Crippen LogP contribution is -2.66. The van der Waals surface area contributed by atoms with Gasteiger partial charge in [-0.3, -0.25) is 9.59 Å². The lowest BCUT2D eigenvalue weighted by atomic mass is 9.60. The Balaban J connectivity index is 1.31. The predicted molar refractivity (Wildman–Crippen MR) is 111 cm³/mol. The molecular weight excluding hydrogens is 399 g/mol. The molecule has 6 nitrogen and oxygen atoms in total. The fourth-order valence-corrected chi connectivity index (χ4v) is 5.39. The summed E-state index contributed by atoms with van der Waals surface area (Å²) in [6.07, 6.45) is 3.01. The van der Waals surface area contributed by atoms with Crippen LogP contribution in [0, 0.1) is 23.6 Å². The van der Waals surface area contributed by atoms with Crippen molar-refractivity contribution in [2.24, 2.45) is 17.8 Å². The van der Waals surface area contributed by atoms with Gasteiger partial charge >= 0.3 is 0 Å². The highest BCUT2D eigenvalue weighted by atomic mass is 19.1. The van der Waals surface area contributed by atoms with Crippen molar-refractivity contribution in [1.82, 2.24) is 10.6 Å². The summed E-state index contributed by atoms with van der Waals surface area (Å²) >= 11 is 0. The second kappa shape index (κ2) is 7.55. The quantitative estimate of drug-likeness (QED) is 0.789. The number of ether oxygens (including phenoxy) is 2. The normalized spacial score (nSPS) is 28.5. The molecule has 0 saturated heterocycles. The third kappa shape index (κ3) is 3.42. The first kappa shape index (κ1) is 19.8. The first-order chi connectivity index (χ1) is 15.0. The summed E-state index contributed by atoms with van der Waals surface area (Å²) in [6, 6.07) is 11.6. The van der Waals surface area contributed by atoms with E-state index in [1.165, 1.54) is 6.07 Å². The van der Waals surface area contributed by atoms with E-state index in [1.807, 2.05) is 0 Å². The second-order valence-corrected chi connectivity index (χ2v) is 8.70. The van der Waals surface area contributed by atoms with Gasteiger partial charge in [0.1, 0.15) is 17.3 Å². The van der Waals surface area contributed by atoms with Gasteiger partial charge < -0.3 is 20.1 Å². The molecule has 2 aromatic carbocycles. The summed E-state index contributed by atoms with van der Waals surface area (Å²) in [5, 5.41) is 6.00. The molecule has 3 saturated carbocycles. The number of amides is 2. The smallest absolute Gasteiger partial charge is 0.258 e. The van der Waals surface area contributed by atoms with E-state index in [-0.39, 0.29) is 41.9 Å². The fourth-order valence-electron chi connectivity index (χ4n) is 5.39. The Morgan fingerprint density at radius 3 is 2.87 bits per heavy atom. The SMILES string of the molecule is COc1ccc2c(c1)O[C@]1(C[C@H]3CC[C@@H]1C[C@@H]3C(=O)NCc1ccccc1F)NC2=O. The van der Waals surface area contributed by atoms with E-state index >= 15 is 0 Å². The number of fused-ring (bicyclic) bond motifs is 3. The van der Waals surface area contributed by atoms with Crippen LogP contribution in [0.4, 0.5) is 4.39 Å². The van der Waals surface area contributed by atoms with E-state index in [0.717, 1.165) is 12.8 Å². The number of hydrogen-bond donors (Lipinski definition) is 2. The standard InChI is InChI=1S/C24H25FN2O4/c1-30-17-8-9-18-21(11-17)31-24(27-23(18)29)12-14-6-7-16(24)10-19(14)22(28)26-13-15-4-2-3-5-20(15)25/h2-5,8-9,11,14,16,19H,6-7,10,12-13H2,1H3,(H,26,28)(H,27,29)/t14-,16-,19+,24+/m1/s1. The van der Waals surface area contributed by atoms with Crippen LogP contribution >= 0.6 is 0 Å². The van der Waals surface area contributed by atoms with Crippen LogP contribution in [-0.4, -0.2) is 24.6 Å². The molecule has 2 bridgehead atoms. The summed E-state index contributed by atoms with van der Waals surface area (Å²) in [6.45, 7) is 0.172. The molecule has 4 aliphatic rings. The maximum Gasteiger partial charge on any atom is 0.258 e. The number of nitrogens with one attached hydrogen (secondary N) is 2. The Morgan fingerprint density at radius 1 is 1.29 bits per heavy atom. The molecule has 2 aromatic rings. The Bertz CT molecular complexity index is 1040. The Hall–Kier alpha value is -3.09. The van der Waals surface area contributed by atoms with E-state index < -0.39 is 5.72 Å². The first-order valence-corrected chi connectivity index (χ1v) is 10.7. The van der Waals surface area contributed by atoms with Crippen molar-refractivity contribution < 1.29 is 23.5 Å². The molecule has 162 valence electrons. The van der Waals surface area contributed by atoms with Crippen LogP contribution in [0.5, 0.6) is 11.5 Å². The highest BCUT2D eigenvalue weighted by Crippen LogP contribution is 2.52. The van der Waals surface area contributed by atoms with Gasteiger partial charge in [-0.05, 0) is 43.4 Å². The van der Waals surface area contributed by atoms with Gasteiger partial charge in [-0.1, -0.05) is 18.2 Å². The zero-order valence-corrected chi connectivity index (χ0v) is 17.3. The number of carbonyl (C=O) groups is 2. The van der Waals surface area contributed by atoms with Crippen molar-refractivity contribution in [3.63, 3.8) is 0 Å². The van der Waals surface area contributed by atoms with Crippen molar-refractivity contribution in [3.05, 3.63) is 59.4 Å². The molecule has 7 heteroatoms. The Morgan fingerprint density at radius 2 is 2.13 bits per heavy atom. The molecular formula is C24H25FN2O4. The van der Waals surface area contributed by atoms with E-state index in [1.54, 1.807) is 43.5 Å².